The molecule has 0 aliphatic carbocycles. The molecule has 0 atom stereocenters. The number of rotatable bonds is 3. The van der Waals surface area contributed by atoms with Crippen molar-refractivity contribution in [1.29, 1.82) is 0 Å². The number of ether oxygens (including phenoxy) is 1. The Balaban J connectivity index is 2.93. The molecule has 0 bridgehead atoms. The molecule has 0 aliphatic heterocycles. The minimum Gasteiger partial charge on any atom is -0.496 e. The van der Waals surface area contributed by atoms with Gasteiger partial charge < -0.3 is 15.0 Å². The van der Waals surface area contributed by atoms with Crippen molar-refractivity contribution in [2.75, 3.05) is 21.2 Å². The second-order valence-electron chi connectivity index (χ2n) is 4.09. The Kier molecular flexibility index (Phi) is 4.37. The highest BCUT2D eigenvalue weighted by atomic mass is 16.5. The predicted molar refractivity (Wildman–Crippen MR) is 68.4 cm³/mol. The van der Waals surface area contributed by atoms with Crippen LogP contribution < -0.4 is 10.1 Å². The van der Waals surface area contributed by atoms with Crippen molar-refractivity contribution in [3.8, 4) is 5.75 Å². The smallest absolute Gasteiger partial charge is 0.317 e. The summed E-state index contributed by atoms with van der Waals surface area (Å²) >= 11 is 0. The van der Waals surface area contributed by atoms with E-state index >= 15 is 0 Å². The number of carbonyl (C=O) groups excluding carboxylic acids is 1. The molecule has 0 saturated carbocycles. The first-order valence-electron chi connectivity index (χ1n) is 5.57. The zero-order chi connectivity index (χ0) is 13.0. The number of urea groups is 1. The number of methoxy groups -OCH3 is 1. The summed E-state index contributed by atoms with van der Waals surface area (Å²) in [7, 11) is 5.07. The number of nitrogens with zero attached hydrogens (tertiary/aromatic N) is 1. The summed E-state index contributed by atoms with van der Waals surface area (Å²) in [4.78, 5) is 13.1. The highest BCUT2D eigenvalue weighted by Crippen LogP contribution is 2.24. The molecule has 0 fully saturated rings. The molecule has 0 heterocycles. The van der Waals surface area contributed by atoms with Gasteiger partial charge in [-0.3, -0.25) is 0 Å². The second kappa shape index (κ2) is 5.57. The molecule has 0 radical (unpaired) electrons. The van der Waals surface area contributed by atoms with Crippen LogP contribution >= 0.6 is 0 Å². The van der Waals surface area contributed by atoms with Crippen LogP contribution in [-0.4, -0.2) is 32.1 Å². The molecule has 1 N–H and O–H groups in total. The lowest BCUT2D eigenvalue weighted by Crippen LogP contribution is -2.34. The van der Waals surface area contributed by atoms with Gasteiger partial charge in [0.25, 0.3) is 0 Å². The van der Waals surface area contributed by atoms with Crippen molar-refractivity contribution in [2.24, 2.45) is 0 Å². The van der Waals surface area contributed by atoms with Crippen molar-refractivity contribution in [1.82, 2.24) is 10.2 Å². The Labute approximate surface area is 103 Å². The molecule has 0 unspecified atom stereocenters. The maximum absolute atomic E-state index is 11.4. The molecular weight excluding hydrogens is 216 g/mol. The molecule has 1 aromatic rings. The standard InChI is InChI=1S/C13H20N2O2/c1-9-10(2)12(17-5)7-6-11(9)8-15(4)13(16)14-3/h6-7H,8H2,1-5H3,(H,14,16). The maximum atomic E-state index is 11.4. The number of hydrogen-bond donors (Lipinski definition) is 1. The van der Waals surface area contributed by atoms with Gasteiger partial charge in [0.05, 0.1) is 7.11 Å². The Hall–Kier alpha value is -1.71. The minimum absolute atomic E-state index is 0.0853. The molecule has 4 heteroatoms. The van der Waals surface area contributed by atoms with Crippen molar-refractivity contribution in [3.05, 3.63) is 28.8 Å². The Bertz CT molecular complexity index is 416. The third-order valence-electron chi connectivity index (χ3n) is 3.04. The first-order valence-corrected chi connectivity index (χ1v) is 5.57. The molecule has 2 amide bonds. The SMILES string of the molecule is CNC(=O)N(C)Cc1ccc(OC)c(C)c1C. The highest BCUT2D eigenvalue weighted by molar-refractivity contribution is 5.73. The van der Waals surface area contributed by atoms with Crippen molar-refractivity contribution < 1.29 is 9.53 Å². The topological polar surface area (TPSA) is 41.6 Å². The number of carbonyl (C=O) groups is 1. The van der Waals surface area contributed by atoms with Crippen LogP contribution in [-0.2, 0) is 6.54 Å². The molecule has 4 nitrogen and oxygen atoms in total. The highest BCUT2D eigenvalue weighted by Gasteiger charge is 2.11. The average Bonchev–Trinajstić information content (AvgIpc) is 2.34. The van der Waals surface area contributed by atoms with Gasteiger partial charge in [-0.25, -0.2) is 4.79 Å². The van der Waals surface area contributed by atoms with Gasteiger partial charge in [0, 0.05) is 20.6 Å². The summed E-state index contributed by atoms with van der Waals surface area (Å²) < 4.78 is 5.26. The van der Waals surface area contributed by atoms with E-state index < -0.39 is 0 Å². The normalized spacial score (nSPS) is 9.94. The number of amides is 2. The molecule has 0 aliphatic rings. The van der Waals surface area contributed by atoms with E-state index in [0.717, 1.165) is 16.9 Å². The van der Waals surface area contributed by atoms with E-state index in [-0.39, 0.29) is 6.03 Å². The van der Waals surface area contributed by atoms with Gasteiger partial charge in [-0.15, -0.1) is 0 Å². The van der Waals surface area contributed by atoms with Crippen molar-refractivity contribution >= 4 is 6.03 Å². The quantitative estimate of drug-likeness (QED) is 0.873. The molecule has 0 spiro atoms. The molecule has 1 rings (SSSR count). The van der Waals surface area contributed by atoms with Crippen LogP contribution in [0.4, 0.5) is 4.79 Å². The van der Waals surface area contributed by atoms with Gasteiger partial charge in [-0.05, 0) is 36.6 Å². The van der Waals surface area contributed by atoms with Crippen LogP contribution in [0.3, 0.4) is 0 Å². The first-order chi connectivity index (χ1) is 8.01. The fourth-order valence-electron chi connectivity index (χ4n) is 1.76. The van der Waals surface area contributed by atoms with Gasteiger partial charge in [0.1, 0.15) is 5.75 Å². The lowest BCUT2D eigenvalue weighted by molar-refractivity contribution is 0.209. The van der Waals surface area contributed by atoms with Gasteiger partial charge in [0.2, 0.25) is 0 Å². The lowest BCUT2D eigenvalue weighted by atomic mass is 10.0. The van der Waals surface area contributed by atoms with Crippen molar-refractivity contribution in [2.45, 2.75) is 20.4 Å². The number of hydrogen-bond acceptors (Lipinski definition) is 2. The molecular formula is C13H20N2O2. The van der Waals surface area contributed by atoms with E-state index in [4.69, 9.17) is 4.74 Å². The number of nitrogens with one attached hydrogen (secondary N) is 1. The van der Waals surface area contributed by atoms with E-state index in [9.17, 15) is 4.79 Å². The zero-order valence-electron chi connectivity index (χ0n) is 11.1. The molecule has 94 valence electrons. The zero-order valence-corrected chi connectivity index (χ0v) is 11.1. The Morgan fingerprint density at radius 2 is 2.00 bits per heavy atom. The van der Waals surface area contributed by atoms with Gasteiger partial charge >= 0.3 is 6.03 Å². The van der Waals surface area contributed by atoms with Crippen LogP contribution in [0.25, 0.3) is 0 Å². The average molecular weight is 236 g/mol. The van der Waals surface area contributed by atoms with Crippen molar-refractivity contribution in [3.63, 3.8) is 0 Å². The third-order valence-corrected chi connectivity index (χ3v) is 3.04. The van der Waals surface area contributed by atoms with Crippen LogP contribution in [0.1, 0.15) is 16.7 Å². The largest absolute Gasteiger partial charge is 0.496 e. The number of benzene rings is 1. The summed E-state index contributed by atoms with van der Waals surface area (Å²) in [5.74, 6) is 0.883. The Morgan fingerprint density at radius 1 is 1.35 bits per heavy atom. The first kappa shape index (κ1) is 13.4. The van der Waals surface area contributed by atoms with Gasteiger partial charge in [0.15, 0.2) is 0 Å². The lowest BCUT2D eigenvalue weighted by Gasteiger charge is -2.19. The molecule has 0 saturated heterocycles. The van der Waals surface area contributed by atoms with Crippen LogP contribution in [0.5, 0.6) is 5.75 Å². The summed E-state index contributed by atoms with van der Waals surface area (Å²) in [5, 5.41) is 2.60. The third kappa shape index (κ3) is 2.90. The molecule has 1 aromatic carbocycles. The second-order valence-corrected chi connectivity index (χ2v) is 4.09. The summed E-state index contributed by atoms with van der Waals surface area (Å²) in [6.07, 6.45) is 0. The van der Waals surface area contributed by atoms with Crippen LogP contribution in [0, 0.1) is 13.8 Å². The van der Waals surface area contributed by atoms with E-state index in [2.05, 4.69) is 5.32 Å². The van der Waals surface area contributed by atoms with Gasteiger partial charge in [-0.2, -0.15) is 0 Å². The summed E-state index contributed by atoms with van der Waals surface area (Å²) in [6, 6.07) is 3.86. The minimum atomic E-state index is -0.0853. The fourth-order valence-corrected chi connectivity index (χ4v) is 1.76. The summed E-state index contributed by atoms with van der Waals surface area (Å²) in [6.45, 7) is 4.67. The van der Waals surface area contributed by atoms with E-state index in [1.165, 1.54) is 5.56 Å². The molecule has 17 heavy (non-hydrogen) atoms. The monoisotopic (exact) mass is 236 g/mol. The van der Waals surface area contributed by atoms with Crippen LogP contribution in [0.2, 0.25) is 0 Å². The maximum Gasteiger partial charge on any atom is 0.317 e. The van der Waals surface area contributed by atoms with Crippen LogP contribution in [0.15, 0.2) is 12.1 Å². The van der Waals surface area contributed by atoms with E-state index in [1.807, 2.05) is 26.0 Å². The molecule has 0 aromatic heterocycles. The predicted octanol–water partition coefficient (Wildman–Crippen LogP) is 2.08. The summed E-state index contributed by atoms with van der Waals surface area (Å²) in [5.41, 5.74) is 3.42. The van der Waals surface area contributed by atoms with E-state index in [1.54, 1.807) is 26.1 Å². The fraction of sp³-hybridized carbons (Fsp3) is 0.462. The van der Waals surface area contributed by atoms with E-state index in [0.29, 0.717) is 6.54 Å². The Morgan fingerprint density at radius 3 is 2.53 bits per heavy atom. The van der Waals surface area contributed by atoms with Gasteiger partial charge in [-0.1, -0.05) is 6.07 Å².